The number of thioether (sulfide) groups is 1. The number of thiocarbonyl (C=S) groups is 1. The van der Waals surface area contributed by atoms with Gasteiger partial charge in [0.15, 0.2) is 9.84 Å². The lowest BCUT2D eigenvalue weighted by Gasteiger charge is -2.09. The van der Waals surface area contributed by atoms with Crippen LogP contribution in [0, 0.1) is 21.7 Å². The largest absolute Gasteiger partial charge is 0.479 e. The molecule has 0 atom stereocenters. The van der Waals surface area contributed by atoms with Crippen molar-refractivity contribution in [3.05, 3.63) is 63.7 Å². The van der Waals surface area contributed by atoms with Crippen molar-refractivity contribution in [3.8, 4) is 0 Å². The lowest BCUT2D eigenvalue weighted by atomic mass is 10.2. The molecular weight excluding hydrogens is 420 g/mol. The number of rotatable bonds is 6. The normalized spacial score (nSPS) is 11.2. The number of hydrogen-bond acceptors (Lipinski definition) is 7. The maximum Gasteiger partial charge on any atom is 0.305 e. The first-order valence-electron chi connectivity index (χ1n) is 7.44. The summed E-state index contributed by atoms with van der Waals surface area (Å²) < 4.78 is 58.4. The highest BCUT2D eigenvalue weighted by Crippen LogP contribution is 2.28. The van der Waals surface area contributed by atoms with Crippen molar-refractivity contribution in [2.45, 2.75) is 22.5 Å². The van der Waals surface area contributed by atoms with Gasteiger partial charge in [-0.25, -0.2) is 12.8 Å². The monoisotopic (exact) mass is 433 g/mol. The van der Waals surface area contributed by atoms with E-state index in [2.05, 4.69) is 0 Å². The number of halogens is 2. The Balaban J connectivity index is 2.30. The Hall–Kier alpha value is -2.11. The van der Waals surface area contributed by atoms with Crippen molar-refractivity contribution < 1.29 is 26.9 Å². The number of nitrogens with zero attached hydrogens (tertiary/aromatic N) is 1. The smallest absolute Gasteiger partial charge is 0.305 e. The van der Waals surface area contributed by atoms with E-state index in [0.29, 0.717) is 6.61 Å². The second-order valence-corrected chi connectivity index (χ2v) is 8.78. The van der Waals surface area contributed by atoms with E-state index in [-0.39, 0.29) is 19.7 Å². The first kappa shape index (κ1) is 21.2. The van der Waals surface area contributed by atoms with Crippen LogP contribution in [0.1, 0.15) is 12.5 Å². The molecule has 0 aliphatic carbocycles. The molecule has 2 aromatic rings. The average molecular weight is 433 g/mol. The maximum absolute atomic E-state index is 14.2. The summed E-state index contributed by atoms with van der Waals surface area (Å²) in [6, 6.07) is 6.41. The molecule has 0 spiro atoms. The number of benzene rings is 2. The van der Waals surface area contributed by atoms with Gasteiger partial charge in [0.1, 0.15) is 5.82 Å². The quantitative estimate of drug-likeness (QED) is 0.291. The van der Waals surface area contributed by atoms with Gasteiger partial charge in [-0.3, -0.25) is 10.1 Å². The van der Waals surface area contributed by atoms with Gasteiger partial charge in [0.05, 0.1) is 27.1 Å². The molecule has 2 aromatic carbocycles. The summed E-state index contributed by atoms with van der Waals surface area (Å²) in [6.45, 7) is 2.03. The predicted octanol–water partition coefficient (Wildman–Crippen LogP) is 4.26. The van der Waals surface area contributed by atoms with Gasteiger partial charge in [0.2, 0.25) is 10.2 Å². The molecule has 0 aliphatic rings. The molecule has 0 aliphatic heterocycles. The number of nitro benzene ring substituents is 1. The second kappa shape index (κ2) is 8.72. The van der Waals surface area contributed by atoms with E-state index < -0.39 is 37.8 Å². The van der Waals surface area contributed by atoms with Gasteiger partial charge in [-0.05, 0) is 49.1 Å². The van der Waals surface area contributed by atoms with E-state index in [4.69, 9.17) is 17.0 Å². The van der Waals surface area contributed by atoms with E-state index in [9.17, 15) is 27.3 Å². The third kappa shape index (κ3) is 5.21. The first-order valence-corrected chi connectivity index (χ1v) is 10.3. The van der Waals surface area contributed by atoms with E-state index >= 15 is 0 Å². The zero-order valence-electron chi connectivity index (χ0n) is 13.8. The van der Waals surface area contributed by atoms with Crippen LogP contribution >= 0.6 is 24.0 Å². The Labute approximate surface area is 163 Å². The molecule has 0 N–H and O–H groups in total. The molecule has 0 heterocycles. The van der Waals surface area contributed by atoms with E-state index in [1.165, 1.54) is 12.1 Å². The molecule has 11 heteroatoms. The Bertz CT molecular complexity index is 996. The van der Waals surface area contributed by atoms with Crippen molar-refractivity contribution >= 4 is 43.9 Å². The van der Waals surface area contributed by atoms with Crippen molar-refractivity contribution in [2.75, 3.05) is 6.61 Å². The molecule has 27 heavy (non-hydrogen) atoms. The van der Waals surface area contributed by atoms with Gasteiger partial charge in [-0.1, -0.05) is 12.1 Å². The highest BCUT2D eigenvalue weighted by atomic mass is 32.2. The molecule has 0 aromatic heterocycles. The van der Waals surface area contributed by atoms with Crippen LogP contribution in [0.2, 0.25) is 0 Å². The van der Waals surface area contributed by atoms with Crippen LogP contribution in [0.25, 0.3) is 0 Å². The Morgan fingerprint density at radius 2 is 2.00 bits per heavy atom. The summed E-state index contributed by atoms with van der Waals surface area (Å²) >= 11 is 5.72. The number of ether oxygens (including phenoxy) is 1. The third-order valence-corrected chi connectivity index (χ3v) is 6.19. The van der Waals surface area contributed by atoms with Crippen LogP contribution < -0.4 is 0 Å². The van der Waals surface area contributed by atoms with Gasteiger partial charge >= 0.3 is 5.69 Å². The summed E-state index contributed by atoms with van der Waals surface area (Å²) in [5.74, 6) is -2.91. The van der Waals surface area contributed by atoms with E-state index in [1.807, 2.05) is 0 Å². The summed E-state index contributed by atoms with van der Waals surface area (Å²) in [6.07, 6.45) is 0. The minimum atomic E-state index is -4.13. The fraction of sp³-hybridized carbons (Fsp3) is 0.188. The molecule has 0 radical (unpaired) electrons. The van der Waals surface area contributed by atoms with Crippen LogP contribution in [0.3, 0.4) is 0 Å². The van der Waals surface area contributed by atoms with Gasteiger partial charge in [0.25, 0.3) is 0 Å². The number of nitro groups is 1. The van der Waals surface area contributed by atoms with Crippen LogP contribution in [-0.2, 0) is 20.3 Å². The lowest BCUT2D eigenvalue weighted by Crippen LogP contribution is -2.08. The minimum absolute atomic E-state index is 0.0777. The average Bonchev–Trinajstić information content (AvgIpc) is 2.58. The van der Waals surface area contributed by atoms with E-state index in [0.717, 1.165) is 36.0 Å². The topological polar surface area (TPSA) is 86.5 Å². The summed E-state index contributed by atoms with van der Waals surface area (Å²) in [5.41, 5.74) is -1.20. The molecule has 0 bridgehead atoms. The van der Waals surface area contributed by atoms with Crippen molar-refractivity contribution in [2.24, 2.45) is 0 Å². The highest BCUT2D eigenvalue weighted by molar-refractivity contribution is 8.22. The zero-order chi connectivity index (χ0) is 20.2. The van der Waals surface area contributed by atoms with Crippen LogP contribution in [0.15, 0.2) is 46.2 Å². The Morgan fingerprint density at radius 1 is 1.30 bits per heavy atom. The van der Waals surface area contributed by atoms with Crippen molar-refractivity contribution in [1.29, 1.82) is 0 Å². The Morgan fingerprint density at radius 3 is 2.59 bits per heavy atom. The Kier molecular flexibility index (Phi) is 6.84. The minimum Gasteiger partial charge on any atom is -0.479 e. The van der Waals surface area contributed by atoms with Crippen LogP contribution in [0.4, 0.5) is 14.5 Å². The fourth-order valence-corrected chi connectivity index (χ4v) is 4.50. The van der Waals surface area contributed by atoms with Gasteiger partial charge < -0.3 is 4.74 Å². The first-order chi connectivity index (χ1) is 12.7. The SMILES string of the molecule is CCOC(=S)Sc1ccc(S(=O)(=O)Cc2cccc([N+](=O)[O-])c2F)cc1F. The molecule has 2 rings (SSSR count). The molecule has 0 saturated carbocycles. The lowest BCUT2D eigenvalue weighted by molar-refractivity contribution is -0.387. The maximum atomic E-state index is 14.2. The third-order valence-electron chi connectivity index (χ3n) is 3.32. The van der Waals surface area contributed by atoms with Gasteiger partial charge in [-0.15, -0.1) is 0 Å². The summed E-state index contributed by atoms with van der Waals surface area (Å²) in [5, 5.41) is 10.8. The summed E-state index contributed by atoms with van der Waals surface area (Å²) in [4.78, 5) is 9.52. The molecular formula is C16H13F2NO5S3. The van der Waals surface area contributed by atoms with Gasteiger partial charge in [-0.2, -0.15) is 4.39 Å². The highest BCUT2D eigenvalue weighted by Gasteiger charge is 2.24. The van der Waals surface area contributed by atoms with Crippen molar-refractivity contribution in [3.63, 3.8) is 0 Å². The number of hydrogen-bond donors (Lipinski definition) is 0. The fourth-order valence-electron chi connectivity index (χ4n) is 2.10. The zero-order valence-corrected chi connectivity index (χ0v) is 16.3. The molecule has 0 amide bonds. The molecule has 0 fully saturated rings. The van der Waals surface area contributed by atoms with Crippen molar-refractivity contribution in [1.82, 2.24) is 0 Å². The van der Waals surface area contributed by atoms with Crippen LogP contribution in [0.5, 0.6) is 0 Å². The standard InChI is InChI=1S/C16H13F2NO5S3/c1-2-24-16(25)26-14-7-6-11(8-12(14)17)27(22,23)9-10-4-3-5-13(15(10)18)19(20)21/h3-8H,2,9H2,1H3. The predicted molar refractivity (Wildman–Crippen MR) is 100 cm³/mol. The van der Waals surface area contributed by atoms with E-state index in [1.54, 1.807) is 6.92 Å². The molecule has 6 nitrogen and oxygen atoms in total. The molecule has 0 unspecified atom stereocenters. The second-order valence-electron chi connectivity index (χ2n) is 5.14. The van der Waals surface area contributed by atoms with Crippen LogP contribution in [-0.4, -0.2) is 24.3 Å². The molecule has 0 saturated heterocycles. The van der Waals surface area contributed by atoms with Gasteiger partial charge in [0, 0.05) is 11.6 Å². The molecule has 144 valence electrons. The number of sulfone groups is 1. The summed E-state index contributed by atoms with van der Waals surface area (Å²) in [7, 11) is -4.13.